The molecule has 1 unspecified atom stereocenters. The van der Waals surface area contributed by atoms with Crippen molar-refractivity contribution < 1.29 is 4.92 Å². The molecular formula is C10H11ClN4O2. The third kappa shape index (κ3) is 3.29. The van der Waals surface area contributed by atoms with Gasteiger partial charge in [0, 0.05) is 19.7 Å². The van der Waals surface area contributed by atoms with Crippen LogP contribution in [0.1, 0.15) is 6.92 Å². The van der Waals surface area contributed by atoms with Crippen LogP contribution in [0.2, 0.25) is 5.15 Å². The summed E-state index contributed by atoms with van der Waals surface area (Å²) in [6.45, 7) is 2.08. The summed E-state index contributed by atoms with van der Waals surface area (Å²) in [5.74, 6) is -0.0787. The Hall–Kier alpha value is -1.87. The lowest BCUT2D eigenvalue weighted by atomic mass is 10.2. The zero-order chi connectivity index (χ0) is 13.0. The number of nitro groups is 1. The molecule has 0 fully saturated rings. The summed E-state index contributed by atoms with van der Waals surface area (Å²) in [5, 5.41) is 19.7. The van der Waals surface area contributed by atoms with Crippen LogP contribution in [-0.2, 0) is 0 Å². The van der Waals surface area contributed by atoms with Crippen LogP contribution in [0.25, 0.3) is 0 Å². The lowest BCUT2D eigenvalue weighted by molar-refractivity contribution is -0.384. The zero-order valence-electron chi connectivity index (χ0n) is 9.42. The molecule has 0 spiro atoms. The largest absolute Gasteiger partial charge is 0.353 e. The Labute approximate surface area is 104 Å². The first-order valence-corrected chi connectivity index (χ1v) is 5.25. The molecule has 0 amide bonds. The van der Waals surface area contributed by atoms with Crippen LogP contribution < -0.4 is 4.90 Å². The molecule has 0 radical (unpaired) electrons. The number of rotatable bonds is 4. The van der Waals surface area contributed by atoms with Gasteiger partial charge in [-0.3, -0.25) is 10.1 Å². The van der Waals surface area contributed by atoms with Crippen LogP contribution >= 0.6 is 11.6 Å². The number of anilines is 1. The number of nitrogens with zero attached hydrogens (tertiary/aromatic N) is 4. The number of hydrogen-bond acceptors (Lipinski definition) is 5. The molecule has 0 aliphatic carbocycles. The first kappa shape index (κ1) is 13.2. The first-order chi connectivity index (χ1) is 7.95. The van der Waals surface area contributed by atoms with Gasteiger partial charge in [0.25, 0.3) is 0 Å². The lowest BCUT2D eigenvalue weighted by Gasteiger charge is -2.18. The van der Waals surface area contributed by atoms with Crippen molar-refractivity contribution in [3.05, 3.63) is 27.4 Å². The molecule has 1 rings (SSSR count). The van der Waals surface area contributed by atoms with E-state index in [2.05, 4.69) is 11.1 Å². The summed E-state index contributed by atoms with van der Waals surface area (Å²) in [5.41, 5.74) is -0.123. The SMILES string of the molecule is CC(C#N)CN(C)c1nc(Cl)ccc1[N+](=O)[O-]. The van der Waals surface area contributed by atoms with Gasteiger partial charge in [0.1, 0.15) is 5.15 Å². The molecule has 1 heterocycles. The van der Waals surface area contributed by atoms with E-state index in [1.54, 1.807) is 18.9 Å². The Kier molecular flexibility index (Phi) is 4.24. The van der Waals surface area contributed by atoms with Gasteiger partial charge in [0.15, 0.2) is 0 Å². The molecule has 6 nitrogen and oxygen atoms in total. The molecule has 0 aromatic carbocycles. The first-order valence-electron chi connectivity index (χ1n) is 4.87. The number of pyridine rings is 1. The maximum atomic E-state index is 10.8. The van der Waals surface area contributed by atoms with Gasteiger partial charge in [-0.2, -0.15) is 5.26 Å². The maximum absolute atomic E-state index is 10.8. The average molecular weight is 255 g/mol. The van der Waals surface area contributed by atoms with Gasteiger partial charge >= 0.3 is 5.69 Å². The summed E-state index contributed by atoms with van der Waals surface area (Å²) < 4.78 is 0. The highest BCUT2D eigenvalue weighted by Gasteiger charge is 2.20. The highest BCUT2D eigenvalue weighted by Crippen LogP contribution is 2.27. The number of nitriles is 1. The monoisotopic (exact) mass is 254 g/mol. The smallest absolute Gasteiger partial charge is 0.311 e. The van der Waals surface area contributed by atoms with Crippen molar-refractivity contribution in [1.82, 2.24) is 4.98 Å². The lowest BCUT2D eigenvalue weighted by Crippen LogP contribution is -2.25. The molecule has 0 bridgehead atoms. The van der Waals surface area contributed by atoms with Crippen LogP contribution in [0, 0.1) is 27.4 Å². The Balaban J connectivity index is 3.07. The van der Waals surface area contributed by atoms with Crippen molar-refractivity contribution in [2.45, 2.75) is 6.92 Å². The number of hydrogen-bond donors (Lipinski definition) is 0. The highest BCUT2D eigenvalue weighted by molar-refractivity contribution is 6.29. The minimum absolute atomic E-state index is 0.123. The van der Waals surface area contributed by atoms with E-state index < -0.39 is 4.92 Å². The second kappa shape index (κ2) is 5.46. The van der Waals surface area contributed by atoms with Gasteiger partial charge in [-0.1, -0.05) is 11.6 Å². The van der Waals surface area contributed by atoms with Crippen molar-refractivity contribution in [2.24, 2.45) is 5.92 Å². The minimum Gasteiger partial charge on any atom is -0.353 e. The predicted octanol–water partition coefficient (Wildman–Crippen LogP) is 2.24. The summed E-state index contributed by atoms with van der Waals surface area (Å²) in [4.78, 5) is 15.8. The Morgan fingerprint density at radius 3 is 2.88 bits per heavy atom. The van der Waals surface area contributed by atoms with Gasteiger partial charge in [0.05, 0.1) is 16.9 Å². The standard InChI is InChI=1S/C10H11ClN4O2/c1-7(5-12)6-14(2)10-8(15(16)17)3-4-9(11)13-10/h3-4,7H,6H2,1-2H3. The van der Waals surface area contributed by atoms with Gasteiger partial charge < -0.3 is 4.90 Å². The van der Waals surface area contributed by atoms with E-state index in [4.69, 9.17) is 16.9 Å². The van der Waals surface area contributed by atoms with E-state index in [1.807, 2.05) is 0 Å². The van der Waals surface area contributed by atoms with Crippen LogP contribution in [-0.4, -0.2) is 23.5 Å². The number of halogens is 1. The Bertz CT molecular complexity index is 472. The molecule has 90 valence electrons. The van der Waals surface area contributed by atoms with Crippen molar-refractivity contribution in [3.8, 4) is 6.07 Å². The fourth-order valence-electron chi connectivity index (χ4n) is 1.38. The highest BCUT2D eigenvalue weighted by atomic mass is 35.5. The van der Waals surface area contributed by atoms with E-state index in [0.29, 0.717) is 6.54 Å². The third-order valence-electron chi connectivity index (χ3n) is 2.15. The quantitative estimate of drug-likeness (QED) is 0.467. The molecule has 1 aromatic heterocycles. The fourth-order valence-corrected chi connectivity index (χ4v) is 1.52. The third-order valence-corrected chi connectivity index (χ3v) is 2.36. The fraction of sp³-hybridized carbons (Fsp3) is 0.400. The minimum atomic E-state index is -0.522. The molecule has 17 heavy (non-hydrogen) atoms. The summed E-state index contributed by atoms with van der Waals surface area (Å²) in [6, 6.07) is 4.73. The van der Waals surface area contributed by atoms with Gasteiger partial charge in [-0.05, 0) is 13.0 Å². The van der Waals surface area contributed by atoms with Crippen LogP contribution in [0.5, 0.6) is 0 Å². The number of aromatic nitrogens is 1. The van der Waals surface area contributed by atoms with E-state index in [1.165, 1.54) is 12.1 Å². The summed E-state index contributed by atoms with van der Waals surface area (Å²) in [7, 11) is 1.64. The van der Waals surface area contributed by atoms with Crippen molar-refractivity contribution >= 4 is 23.1 Å². The molecule has 0 aliphatic rings. The topological polar surface area (TPSA) is 83.1 Å². The van der Waals surface area contributed by atoms with E-state index in [0.717, 1.165) is 0 Å². The molecule has 0 saturated carbocycles. The van der Waals surface area contributed by atoms with Crippen molar-refractivity contribution in [3.63, 3.8) is 0 Å². The van der Waals surface area contributed by atoms with Gasteiger partial charge in [-0.25, -0.2) is 4.98 Å². The van der Waals surface area contributed by atoms with Crippen molar-refractivity contribution in [2.75, 3.05) is 18.5 Å². The second-order valence-electron chi connectivity index (χ2n) is 3.64. The maximum Gasteiger partial charge on any atom is 0.311 e. The summed E-state index contributed by atoms with van der Waals surface area (Å²) in [6.07, 6.45) is 0. The molecule has 1 atom stereocenters. The van der Waals surface area contributed by atoms with E-state index in [-0.39, 0.29) is 22.6 Å². The van der Waals surface area contributed by atoms with E-state index in [9.17, 15) is 10.1 Å². The second-order valence-corrected chi connectivity index (χ2v) is 4.03. The predicted molar refractivity (Wildman–Crippen MR) is 63.9 cm³/mol. The molecule has 1 aromatic rings. The molecule has 7 heteroatoms. The van der Waals surface area contributed by atoms with Crippen LogP contribution in [0.4, 0.5) is 11.5 Å². The Morgan fingerprint density at radius 1 is 1.71 bits per heavy atom. The van der Waals surface area contributed by atoms with Gasteiger partial charge in [0.2, 0.25) is 5.82 Å². The van der Waals surface area contributed by atoms with Crippen LogP contribution in [0.3, 0.4) is 0 Å². The molecule has 0 saturated heterocycles. The average Bonchev–Trinajstić information content (AvgIpc) is 2.28. The molecular weight excluding hydrogens is 244 g/mol. The van der Waals surface area contributed by atoms with E-state index >= 15 is 0 Å². The molecule has 0 aliphatic heterocycles. The van der Waals surface area contributed by atoms with Crippen molar-refractivity contribution in [1.29, 1.82) is 5.26 Å². The van der Waals surface area contributed by atoms with Crippen LogP contribution in [0.15, 0.2) is 12.1 Å². The normalized spacial score (nSPS) is 11.6. The molecule has 0 N–H and O–H groups in total. The Morgan fingerprint density at radius 2 is 2.35 bits per heavy atom. The zero-order valence-corrected chi connectivity index (χ0v) is 10.2. The van der Waals surface area contributed by atoms with Gasteiger partial charge in [-0.15, -0.1) is 0 Å². The summed E-state index contributed by atoms with van der Waals surface area (Å²) >= 11 is 5.71.